The number of likely N-dealkylation sites (tertiary alicyclic amines) is 1. The summed E-state index contributed by atoms with van der Waals surface area (Å²) in [5.41, 5.74) is 0. The molecule has 2 N–H and O–H groups in total. The van der Waals surface area contributed by atoms with Crippen molar-refractivity contribution in [2.24, 2.45) is 10.9 Å². The Hall–Kier alpha value is -1.02. The Morgan fingerprint density at radius 1 is 1.25 bits per heavy atom. The number of nitrogens with one attached hydrogen (secondary N) is 2. The van der Waals surface area contributed by atoms with Crippen LogP contribution in [0.15, 0.2) is 40.5 Å². The number of hydrogen-bond acceptors (Lipinski definition) is 3. The normalized spacial score (nSPS) is 24.4. The van der Waals surface area contributed by atoms with Gasteiger partial charge in [-0.25, -0.2) is 0 Å². The fourth-order valence-corrected chi connectivity index (χ4v) is 4.23. The third kappa shape index (κ3) is 7.43. The maximum Gasteiger partial charge on any atom is 0.191 e. The van der Waals surface area contributed by atoms with E-state index in [4.69, 9.17) is 9.41 Å². The van der Waals surface area contributed by atoms with E-state index in [1.807, 2.05) is 18.2 Å². The molecule has 5 nitrogen and oxygen atoms in total. The largest absolute Gasteiger partial charge is 0.469 e. The summed E-state index contributed by atoms with van der Waals surface area (Å²) in [6, 6.07) is 5.23. The van der Waals surface area contributed by atoms with Crippen LogP contribution in [0.2, 0.25) is 0 Å². The summed E-state index contributed by atoms with van der Waals surface area (Å²) in [6.45, 7) is 10.2. The Labute approximate surface area is 187 Å². The summed E-state index contributed by atoms with van der Waals surface area (Å²) < 4.78 is 5.39. The highest BCUT2D eigenvalue weighted by Gasteiger charge is 2.28. The van der Waals surface area contributed by atoms with Gasteiger partial charge in [-0.1, -0.05) is 13.0 Å². The Balaban J connectivity index is 0.00000280. The fourth-order valence-electron chi connectivity index (χ4n) is 4.23. The first-order valence-corrected chi connectivity index (χ1v) is 10.7. The van der Waals surface area contributed by atoms with Gasteiger partial charge < -0.3 is 20.0 Å². The summed E-state index contributed by atoms with van der Waals surface area (Å²) in [4.78, 5) is 7.46. The standard InChI is InChI=1S/C22H36N4O.HI/c1-3-13-23-22(24-14-10-21-5-4-17-27-21)25-19-6-8-20(9-7-19)26-15-11-18(2)12-16-26;/h3-5,17-20H,1,6-16H2,2H3,(H2,23,24,25);1H. The Morgan fingerprint density at radius 3 is 2.64 bits per heavy atom. The molecule has 1 aliphatic carbocycles. The van der Waals surface area contributed by atoms with E-state index < -0.39 is 0 Å². The van der Waals surface area contributed by atoms with E-state index >= 15 is 0 Å². The minimum atomic E-state index is 0. The van der Waals surface area contributed by atoms with Gasteiger partial charge in [0.25, 0.3) is 0 Å². The molecule has 2 fully saturated rings. The van der Waals surface area contributed by atoms with Gasteiger partial charge >= 0.3 is 0 Å². The van der Waals surface area contributed by atoms with Crippen molar-refractivity contribution in [3.05, 3.63) is 36.8 Å². The van der Waals surface area contributed by atoms with Crippen LogP contribution in [0.5, 0.6) is 0 Å². The van der Waals surface area contributed by atoms with Gasteiger partial charge in [-0.3, -0.25) is 4.99 Å². The maximum atomic E-state index is 5.39. The summed E-state index contributed by atoms with van der Waals surface area (Å²) >= 11 is 0. The second kappa shape index (κ2) is 12.5. The molecule has 0 radical (unpaired) electrons. The molecule has 6 heteroatoms. The number of hydrogen-bond donors (Lipinski definition) is 2. The summed E-state index contributed by atoms with van der Waals surface area (Å²) in [5, 5.41) is 7.00. The summed E-state index contributed by atoms with van der Waals surface area (Å²) in [5.74, 6) is 2.80. The van der Waals surface area contributed by atoms with E-state index in [0.29, 0.717) is 6.04 Å². The fraction of sp³-hybridized carbons (Fsp3) is 0.682. The molecule has 0 atom stereocenters. The van der Waals surface area contributed by atoms with E-state index in [9.17, 15) is 0 Å². The Kier molecular flexibility index (Phi) is 10.4. The molecule has 158 valence electrons. The number of nitrogens with zero attached hydrogens (tertiary/aromatic N) is 2. The highest BCUT2D eigenvalue weighted by atomic mass is 127. The van der Waals surface area contributed by atoms with Crippen molar-refractivity contribution >= 4 is 29.9 Å². The SMILES string of the molecule is C=CCNC(=NCCc1ccco1)NC1CCC(N2CCC(C)CC2)CC1.I. The molecule has 28 heavy (non-hydrogen) atoms. The Bertz CT molecular complexity index is 573. The molecule has 1 aromatic rings. The molecule has 1 saturated carbocycles. The smallest absolute Gasteiger partial charge is 0.191 e. The molecule has 0 bridgehead atoms. The molecule has 1 aliphatic heterocycles. The minimum absolute atomic E-state index is 0. The number of piperidine rings is 1. The maximum absolute atomic E-state index is 5.39. The van der Waals surface area contributed by atoms with Gasteiger partial charge in [0.05, 0.1) is 6.26 Å². The predicted octanol–water partition coefficient (Wildman–Crippen LogP) is 4.20. The molecule has 3 rings (SSSR count). The van der Waals surface area contributed by atoms with Gasteiger partial charge in [0.2, 0.25) is 0 Å². The third-order valence-corrected chi connectivity index (χ3v) is 5.99. The highest BCUT2D eigenvalue weighted by Crippen LogP contribution is 2.27. The second-order valence-electron chi connectivity index (χ2n) is 8.10. The summed E-state index contributed by atoms with van der Waals surface area (Å²) in [7, 11) is 0. The second-order valence-corrected chi connectivity index (χ2v) is 8.10. The molecule has 0 aromatic carbocycles. The van der Waals surface area contributed by atoms with Gasteiger partial charge in [0.15, 0.2) is 5.96 Å². The van der Waals surface area contributed by atoms with Crippen molar-refractivity contribution in [2.45, 2.75) is 64.0 Å². The van der Waals surface area contributed by atoms with E-state index in [1.54, 1.807) is 6.26 Å². The van der Waals surface area contributed by atoms with Crippen LogP contribution in [0.3, 0.4) is 0 Å². The van der Waals surface area contributed by atoms with Crippen LogP contribution in [0.25, 0.3) is 0 Å². The van der Waals surface area contributed by atoms with Crippen molar-refractivity contribution in [3.8, 4) is 0 Å². The lowest BCUT2D eigenvalue weighted by atomic mass is 9.88. The van der Waals surface area contributed by atoms with Crippen LogP contribution in [0.4, 0.5) is 0 Å². The zero-order valence-electron chi connectivity index (χ0n) is 17.2. The first-order valence-electron chi connectivity index (χ1n) is 10.7. The van der Waals surface area contributed by atoms with Crippen LogP contribution in [-0.4, -0.2) is 49.1 Å². The van der Waals surface area contributed by atoms with Crippen LogP contribution in [0, 0.1) is 5.92 Å². The number of furan rings is 1. The van der Waals surface area contributed by atoms with Gasteiger partial charge in [0, 0.05) is 31.6 Å². The first-order chi connectivity index (χ1) is 13.2. The minimum Gasteiger partial charge on any atom is -0.469 e. The quantitative estimate of drug-likeness (QED) is 0.255. The van der Waals surface area contributed by atoms with Gasteiger partial charge in [-0.2, -0.15) is 0 Å². The lowest BCUT2D eigenvalue weighted by molar-refractivity contribution is 0.105. The van der Waals surface area contributed by atoms with Crippen LogP contribution in [-0.2, 0) is 6.42 Å². The molecule has 1 aromatic heterocycles. The number of halogens is 1. The summed E-state index contributed by atoms with van der Waals surface area (Å²) in [6.07, 6.45) is 12.2. The molecule has 2 heterocycles. The van der Waals surface area contributed by atoms with Crippen molar-refractivity contribution in [3.63, 3.8) is 0 Å². The molecule has 0 spiro atoms. The van der Waals surface area contributed by atoms with Crippen molar-refractivity contribution in [1.29, 1.82) is 0 Å². The molecule has 0 unspecified atom stereocenters. The first kappa shape index (κ1) is 23.3. The van der Waals surface area contributed by atoms with E-state index in [-0.39, 0.29) is 24.0 Å². The zero-order chi connectivity index (χ0) is 18.9. The lowest BCUT2D eigenvalue weighted by Crippen LogP contribution is -2.49. The lowest BCUT2D eigenvalue weighted by Gasteiger charge is -2.40. The average molecular weight is 500 g/mol. The molecular weight excluding hydrogens is 463 g/mol. The van der Waals surface area contributed by atoms with Crippen molar-refractivity contribution in [2.75, 3.05) is 26.2 Å². The average Bonchev–Trinajstić information content (AvgIpc) is 3.21. The molecule has 0 amide bonds. The topological polar surface area (TPSA) is 52.8 Å². The van der Waals surface area contributed by atoms with E-state index in [2.05, 4.69) is 29.0 Å². The molecular formula is C22H37IN4O. The number of rotatable bonds is 7. The van der Waals surface area contributed by atoms with Gasteiger partial charge in [0.1, 0.15) is 5.76 Å². The highest BCUT2D eigenvalue weighted by molar-refractivity contribution is 14.0. The van der Waals surface area contributed by atoms with Gasteiger partial charge in [-0.05, 0) is 69.7 Å². The van der Waals surface area contributed by atoms with Crippen LogP contribution in [0.1, 0.15) is 51.2 Å². The van der Waals surface area contributed by atoms with E-state index in [0.717, 1.165) is 43.2 Å². The van der Waals surface area contributed by atoms with Crippen molar-refractivity contribution < 1.29 is 4.42 Å². The molecule has 2 aliphatic rings. The number of guanidine groups is 1. The van der Waals surface area contributed by atoms with Crippen LogP contribution < -0.4 is 10.6 Å². The van der Waals surface area contributed by atoms with E-state index in [1.165, 1.54) is 51.6 Å². The molecule has 1 saturated heterocycles. The monoisotopic (exact) mass is 500 g/mol. The number of aliphatic imine (C=N–C) groups is 1. The van der Waals surface area contributed by atoms with Crippen LogP contribution >= 0.6 is 24.0 Å². The third-order valence-electron chi connectivity index (χ3n) is 5.99. The predicted molar refractivity (Wildman–Crippen MR) is 127 cm³/mol. The van der Waals surface area contributed by atoms with Gasteiger partial charge in [-0.15, -0.1) is 30.6 Å². The zero-order valence-corrected chi connectivity index (χ0v) is 19.6. The Morgan fingerprint density at radius 2 is 2.00 bits per heavy atom. The van der Waals surface area contributed by atoms with Crippen molar-refractivity contribution in [1.82, 2.24) is 15.5 Å².